The number of aliphatic carboxylic acids is 1. The molecule has 0 aromatic heterocycles. The van der Waals surface area contributed by atoms with Crippen LogP contribution in [0.15, 0.2) is 94.2 Å². The molecule has 53 heavy (non-hydrogen) atoms. The van der Waals surface area contributed by atoms with E-state index in [0.717, 1.165) is 37.8 Å². The van der Waals surface area contributed by atoms with Crippen LogP contribution < -0.4 is 15.2 Å². The Morgan fingerprint density at radius 3 is 2.42 bits per heavy atom. The number of hydrogen-bond acceptors (Lipinski definition) is 10. The molecule has 0 unspecified atom stereocenters. The van der Waals surface area contributed by atoms with Crippen LogP contribution in [0.1, 0.15) is 64.4 Å². The minimum atomic E-state index is -0.989. The van der Waals surface area contributed by atoms with E-state index in [1.165, 1.54) is 7.11 Å². The number of benzene rings is 4. The third-order valence-electron chi connectivity index (χ3n) is 8.87. The Bertz CT molecular complexity index is 1910. The van der Waals surface area contributed by atoms with E-state index in [2.05, 4.69) is 0 Å². The number of cyclic esters (lactones) is 1. The number of nitrogens with two attached hydrogens (primary N) is 1. The van der Waals surface area contributed by atoms with Gasteiger partial charge in [0, 0.05) is 32.4 Å². The zero-order chi connectivity index (χ0) is 38.5. The van der Waals surface area contributed by atoms with Crippen molar-refractivity contribution in [3.05, 3.63) is 123 Å². The molecule has 10 nitrogen and oxygen atoms in total. The molecule has 0 aliphatic carbocycles. The smallest absolute Gasteiger partial charge is 0.342 e. The molecule has 0 spiro atoms. The molecule has 12 heteroatoms. The lowest BCUT2D eigenvalue weighted by Crippen LogP contribution is -2.47. The normalized spacial score (nSPS) is 12.4. The largest absolute Gasteiger partial charge is 0.507 e. The lowest BCUT2D eigenvalue weighted by Gasteiger charge is -2.24. The van der Waals surface area contributed by atoms with E-state index in [9.17, 15) is 24.9 Å². The number of aryl methyl sites for hydroxylation is 1. The van der Waals surface area contributed by atoms with Crippen molar-refractivity contribution in [3.8, 4) is 17.2 Å². The number of allylic oxidation sites excluding steroid dienone is 2. The number of phenolic OH excluding ortho intramolecular Hbond substituents is 1. The van der Waals surface area contributed by atoms with E-state index in [0.29, 0.717) is 54.2 Å². The fraction of sp³-hybridized carbons (Fsp3) is 0.317. The van der Waals surface area contributed by atoms with Crippen LogP contribution >= 0.6 is 23.4 Å². The predicted octanol–water partition coefficient (Wildman–Crippen LogP) is 7.42. The number of aliphatic hydroxyl groups is 2. The number of aromatic hydroxyl groups is 1. The van der Waals surface area contributed by atoms with Gasteiger partial charge < -0.3 is 40.4 Å². The summed E-state index contributed by atoms with van der Waals surface area (Å²) in [5, 5.41) is 38.5. The first-order chi connectivity index (χ1) is 25.4. The van der Waals surface area contributed by atoms with E-state index in [1.54, 1.807) is 11.8 Å². The minimum absolute atomic E-state index is 0.0565. The molecule has 6 N–H and O–H groups in total. The molecule has 0 amide bonds. The van der Waals surface area contributed by atoms with Crippen LogP contribution in [0.3, 0.4) is 0 Å². The van der Waals surface area contributed by atoms with Crippen LogP contribution in [0, 0.1) is 6.92 Å². The number of rotatable bonds is 16. The molecule has 4 aromatic carbocycles. The SMILES string of the molecule is COc1c(C)c2c(c(O)c1C/C=C(\C)CCC(=O)O)C(=O)OC2.NC(CO)(CO)CCc1ccc(Sc2cccc(OCc3ccccc3)c2)cc1Cl. The summed E-state index contributed by atoms with van der Waals surface area (Å²) in [7, 11) is 1.51. The fourth-order valence-corrected chi connectivity index (χ4v) is 6.85. The number of halogens is 1. The molecule has 0 saturated heterocycles. The highest BCUT2D eigenvalue weighted by Gasteiger charge is 2.32. The molecule has 1 aliphatic rings. The number of esters is 1. The van der Waals surface area contributed by atoms with Gasteiger partial charge in [0.15, 0.2) is 0 Å². The van der Waals surface area contributed by atoms with Crippen molar-refractivity contribution >= 4 is 35.3 Å². The van der Waals surface area contributed by atoms with Gasteiger partial charge in [0.25, 0.3) is 0 Å². The summed E-state index contributed by atoms with van der Waals surface area (Å²) in [6.45, 7) is 3.79. The molecular weight excluding hydrogens is 718 g/mol. The number of carbonyl (C=O) groups is 2. The first-order valence-electron chi connectivity index (χ1n) is 17.1. The Balaban J connectivity index is 0.000000245. The molecule has 1 aliphatic heterocycles. The quantitative estimate of drug-likeness (QED) is 0.0569. The third-order valence-corrected chi connectivity index (χ3v) is 10.2. The average Bonchev–Trinajstić information content (AvgIpc) is 3.56. The number of methoxy groups -OCH3 is 1. The van der Waals surface area contributed by atoms with Gasteiger partial charge >= 0.3 is 11.9 Å². The van der Waals surface area contributed by atoms with Gasteiger partial charge in [0.2, 0.25) is 0 Å². The molecule has 0 fully saturated rings. The highest BCUT2D eigenvalue weighted by molar-refractivity contribution is 7.99. The molecule has 1 heterocycles. The number of hydrogen-bond donors (Lipinski definition) is 5. The summed E-state index contributed by atoms with van der Waals surface area (Å²) in [5.41, 5.74) is 10.1. The summed E-state index contributed by atoms with van der Waals surface area (Å²) in [4.78, 5) is 24.5. The Kier molecular flexibility index (Phi) is 15.2. The molecule has 0 atom stereocenters. The second-order valence-electron chi connectivity index (χ2n) is 12.8. The van der Waals surface area contributed by atoms with E-state index in [-0.39, 0.29) is 37.6 Å². The van der Waals surface area contributed by atoms with Crippen LogP contribution in [0.4, 0.5) is 0 Å². The number of carboxylic acid groups (broad SMARTS) is 1. The fourth-order valence-electron chi connectivity index (χ4n) is 5.60. The maximum Gasteiger partial charge on any atom is 0.342 e. The lowest BCUT2D eigenvalue weighted by atomic mass is 9.94. The van der Waals surface area contributed by atoms with Gasteiger partial charge in [0.05, 0.1) is 25.9 Å². The number of carbonyl (C=O) groups excluding carboxylic acids is 1. The Hall–Kier alpha value is -4.52. The monoisotopic (exact) mass is 763 g/mol. The Morgan fingerprint density at radius 2 is 1.75 bits per heavy atom. The van der Waals surface area contributed by atoms with Crippen molar-refractivity contribution in [2.75, 3.05) is 20.3 Å². The first-order valence-corrected chi connectivity index (χ1v) is 18.3. The Labute approximate surface area is 319 Å². The molecular formula is C41H46ClNO9S. The summed E-state index contributed by atoms with van der Waals surface area (Å²) >= 11 is 8.07. The zero-order valence-electron chi connectivity index (χ0n) is 30.1. The van der Waals surface area contributed by atoms with Gasteiger partial charge in [-0.05, 0) is 86.6 Å². The number of phenols is 1. The minimum Gasteiger partial charge on any atom is -0.507 e. The number of carboxylic acids is 1. The van der Waals surface area contributed by atoms with Crippen molar-refractivity contribution in [1.29, 1.82) is 0 Å². The van der Waals surface area contributed by atoms with Crippen molar-refractivity contribution in [3.63, 3.8) is 0 Å². The second kappa shape index (κ2) is 19.5. The summed E-state index contributed by atoms with van der Waals surface area (Å²) in [6.07, 6.45) is 3.72. The first kappa shape index (κ1) is 41.2. The molecule has 0 saturated carbocycles. The van der Waals surface area contributed by atoms with E-state index in [4.69, 9.17) is 36.7 Å². The van der Waals surface area contributed by atoms with Gasteiger partial charge in [-0.3, -0.25) is 4.79 Å². The van der Waals surface area contributed by atoms with Gasteiger partial charge in [-0.15, -0.1) is 0 Å². The molecule has 282 valence electrons. The maximum atomic E-state index is 11.8. The van der Waals surface area contributed by atoms with Crippen LogP contribution in [0.5, 0.6) is 17.2 Å². The number of fused-ring (bicyclic) bond motifs is 1. The molecule has 4 aromatic rings. The Morgan fingerprint density at radius 1 is 1.04 bits per heavy atom. The standard InChI is InChI=1S/C24H26ClNO3S.C17H20O6/c25-23-14-22(10-9-19(23)11-12-24(26,16-27)17-28)30-21-8-4-7-20(13-21)29-15-18-5-2-1-3-6-18;1-9(5-7-13(18)19)4-6-11-15(20)14-12(8-23-17(14)21)10(2)16(11)22-3/h1-10,13-14,27-28H,11-12,15-17,26H2;4,20H,5-8H2,1-3H3,(H,18,19)/b;9-4+. The zero-order valence-corrected chi connectivity index (χ0v) is 31.6. The second-order valence-corrected chi connectivity index (χ2v) is 14.4. The summed E-state index contributed by atoms with van der Waals surface area (Å²) in [5.74, 6) is -0.154. The molecule has 5 rings (SSSR count). The van der Waals surface area contributed by atoms with Crippen molar-refractivity contribution in [1.82, 2.24) is 0 Å². The van der Waals surface area contributed by atoms with Gasteiger partial charge in [-0.2, -0.15) is 0 Å². The van der Waals surface area contributed by atoms with Crippen molar-refractivity contribution in [2.24, 2.45) is 5.73 Å². The van der Waals surface area contributed by atoms with Crippen LogP contribution in [-0.4, -0.2) is 58.2 Å². The van der Waals surface area contributed by atoms with E-state index < -0.39 is 17.5 Å². The number of aliphatic hydroxyl groups excluding tert-OH is 2. The van der Waals surface area contributed by atoms with Crippen LogP contribution in [-0.2, 0) is 35.6 Å². The van der Waals surface area contributed by atoms with Crippen molar-refractivity contribution in [2.45, 2.75) is 74.5 Å². The molecule has 0 bridgehead atoms. The highest BCUT2D eigenvalue weighted by Crippen LogP contribution is 2.42. The van der Waals surface area contributed by atoms with Crippen LogP contribution in [0.2, 0.25) is 5.02 Å². The summed E-state index contributed by atoms with van der Waals surface area (Å²) in [6, 6.07) is 23.9. The van der Waals surface area contributed by atoms with Crippen molar-refractivity contribution < 1.29 is 44.2 Å². The summed E-state index contributed by atoms with van der Waals surface area (Å²) < 4.78 is 16.3. The molecule has 0 radical (unpaired) electrons. The predicted molar refractivity (Wildman–Crippen MR) is 205 cm³/mol. The van der Waals surface area contributed by atoms with E-state index in [1.807, 2.05) is 92.7 Å². The topological polar surface area (TPSA) is 169 Å². The maximum absolute atomic E-state index is 11.8. The van der Waals surface area contributed by atoms with Gasteiger partial charge in [-0.1, -0.05) is 77.5 Å². The number of ether oxygens (including phenoxy) is 3. The lowest BCUT2D eigenvalue weighted by molar-refractivity contribution is -0.136. The average molecular weight is 764 g/mol. The van der Waals surface area contributed by atoms with Gasteiger partial charge in [0.1, 0.15) is 36.0 Å². The van der Waals surface area contributed by atoms with Crippen LogP contribution in [0.25, 0.3) is 0 Å². The highest BCUT2D eigenvalue weighted by atomic mass is 35.5. The van der Waals surface area contributed by atoms with E-state index >= 15 is 0 Å². The van der Waals surface area contributed by atoms with Gasteiger partial charge in [-0.25, -0.2) is 4.79 Å². The third kappa shape index (κ3) is 11.5.